The van der Waals surface area contributed by atoms with Gasteiger partial charge in [-0.05, 0) is 49.1 Å². The Bertz CT molecular complexity index is 502. The van der Waals surface area contributed by atoms with Gasteiger partial charge in [0, 0.05) is 0 Å². The van der Waals surface area contributed by atoms with Gasteiger partial charge in [0.05, 0.1) is 5.41 Å². The molecule has 0 saturated heterocycles. The Balaban J connectivity index is 1.90. The third-order valence-corrected chi connectivity index (χ3v) is 5.59. The molecule has 1 N–H and O–H groups in total. The molecule has 0 radical (unpaired) electrons. The molecule has 2 fully saturated rings. The minimum atomic E-state index is -0.623. The van der Waals surface area contributed by atoms with E-state index in [1.165, 1.54) is 38.5 Å². The highest BCUT2D eigenvalue weighted by Crippen LogP contribution is 2.61. The van der Waals surface area contributed by atoms with Gasteiger partial charge in [0.15, 0.2) is 0 Å². The molecule has 108 valence electrons. The van der Waals surface area contributed by atoms with Crippen LogP contribution < -0.4 is 0 Å². The molecule has 0 amide bonds. The second-order valence-electron chi connectivity index (χ2n) is 6.97. The van der Waals surface area contributed by atoms with Crippen molar-refractivity contribution in [2.45, 2.75) is 63.7 Å². The van der Waals surface area contributed by atoms with Gasteiger partial charge in [0.2, 0.25) is 0 Å². The molecule has 0 bridgehead atoms. The van der Waals surface area contributed by atoms with E-state index in [0.717, 1.165) is 24.0 Å². The molecular formula is C18H24O2. The number of rotatable bonds is 2. The van der Waals surface area contributed by atoms with Crippen molar-refractivity contribution in [3.63, 3.8) is 0 Å². The summed E-state index contributed by atoms with van der Waals surface area (Å²) in [6, 6.07) is 8.03. The van der Waals surface area contributed by atoms with E-state index in [9.17, 15) is 9.90 Å². The van der Waals surface area contributed by atoms with Crippen molar-refractivity contribution in [2.24, 2.45) is 5.41 Å². The normalized spacial score (nSPS) is 23.9. The lowest BCUT2D eigenvalue weighted by atomic mass is 9.47. The molecule has 1 spiro atoms. The summed E-state index contributed by atoms with van der Waals surface area (Å²) in [5, 5.41) is 9.85. The van der Waals surface area contributed by atoms with Crippen LogP contribution in [0.5, 0.6) is 0 Å². The minimum absolute atomic E-state index is 0.317. The summed E-state index contributed by atoms with van der Waals surface area (Å²) in [5.41, 5.74) is 1.87. The summed E-state index contributed by atoms with van der Waals surface area (Å²) in [6.07, 6.45) is 9.37. The van der Waals surface area contributed by atoms with E-state index in [1.54, 1.807) is 0 Å². The molecule has 0 heterocycles. The third kappa shape index (κ3) is 2.06. The number of hydrogen-bond acceptors (Lipinski definition) is 1. The summed E-state index contributed by atoms with van der Waals surface area (Å²) >= 11 is 0. The number of hydrogen-bond donors (Lipinski definition) is 1. The first-order chi connectivity index (χ1) is 9.58. The van der Waals surface area contributed by atoms with Crippen LogP contribution in [-0.2, 0) is 10.2 Å². The zero-order valence-electron chi connectivity index (χ0n) is 12.3. The highest BCUT2D eigenvalue weighted by atomic mass is 16.4. The number of aryl methyl sites for hydroxylation is 1. The van der Waals surface area contributed by atoms with Gasteiger partial charge in [-0.3, -0.25) is 4.79 Å². The molecule has 0 aliphatic heterocycles. The van der Waals surface area contributed by atoms with Crippen LogP contribution >= 0.6 is 0 Å². The van der Waals surface area contributed by atoms with E-state index in [0.29, 0.717) is 5.41 Å². The topological polar surface area (TPSA) is 37.3 Å². The first-order valence-electron chi connectivity index (χ1n) is 7.88. The Morgan fingerprint density at radius 2 is 1.65 bits per heavy atom. The molecule has 2 saturated carbocycles. The highest BCUT2D eigenvalue weighted by Gasteiger charge is 2.59. The van der Waals surface area contributed by atoms with Crippen molar-refractivity contribution in [2.75, 3.05) is 0 Å². The Labute approximate surface area is 121 Å². The first kappa shape index (κ1) is 13.7. The molecule has 1 aromatic carbocycles. The molecule has 2 heteroatoms. The predicted molar refractivity (Wildman–Crippen MR) is 79.9 cm³/mol. The molecule has 0 aromatic heterocycles. The van der Waals surface area contributed by atoms with E-state index in [-0.39, 0.29) is 0 Å². The van der Waals surface area contributed by atoms with Crippen LogP contribution in [0.15, 0.2) is 24.3 Å². The van der Waals surface area contributed by atoms with Gasteiger partial charge < -0.3 is 5.11 Å². The van der Waals surface area contributed by atoms with Crippen molar-refractivity contribution in [3.05, 3.63) is 35.4 Å². The summed E-state index contributed by atoms with van der Waals surface area (Å²) in [5.74, 6) is -0.623. The molecule has 0 atom stereocenters. The molecule has 0 unspecified atom stereocenters. The number of carboxylic acid groups (broad SMARTS) is 1. The van der Waals surface area contributed by atoms with Crippen LogP contribution in [0.4, 0.5) is 0 Å². The van der Waals surface area contributed by atoms with Gasteiger partial charge in [0.1, 0.15) is 0 Å². The molecule has 1 aromatic rings. The van der Waals surface area contributed by atoms with Crippen molar-refractivity contribution < 1.29 is 9.90 Å². The fourth-order valence-electron chi connectivity index (χ4n) is 4.63. The average Bonchev–Trinajstić information content (AvgIpc) is 2.62. The van der Waals surface area contributed by atoms with Crippen LogP contribution in [-0.4, -0.2) is 11.1 Å². The Kier molecular flexibility index (Phi) is 3.35. The van der Waals surface area contributed by atoms with Crippen LogP contribution in [0.3, 0.4) is 0 Å². The van der Waals surface area contributed by atoms with Gasteiger partial charge in [0.25, 0.3) is 0 Å². The fraction of sp³-hybridized carbons (Fsp3) is 0.611. The maximum absolute atomic E-state index is 12.0. The number of carbonyl (C=O) groups is 1. The van der Waals surface area contributed by atoms with Crippen LogP contribution in [0.25, 0.3) is 0 Å². The first-order valence-corrected chi connectivity index (χ1v) is 7.88. The molecule has 3 rings (SSSR count). The molecule has 20 heavy (non-hydrogen) atoms. The van der Waals surface area contributed by atoms with Gasteiger partial charge in [-0.1, -0.05) is 49.9 Å². The lowest BCUT2D eigenvalue weighted by Crippen LogP contribution is -2.54. The minimum Gasteiger partial charge on any atom is -0.481 e. The fourth-order valence-corrected chi connectivity index (χ4v) is 4.63. The maximum atomic E-state index is 12.0. The summed E-state index contributed by atoms with van der Waals surface area (Å²) in [6.45, 7) is 2.04. The molecular weight excluding hydrogens is 248 g/mol. The van der Waals surface area contributed by atoms with Crippen molar-refractivity contribution >= 4 is 5.97 Å². The zero-order valence-corrected chi connectivity index (χ0v) is 12.3. The number of aliphatic carboxylic acids is 1. The van der Waals surface area contributed by atoms with Gasteiger partial charge in [-0.25, -0.2) is 0 Å². The second-order valence-corrected chi connectivity index (χ2v) is 6.97. The molecule has 2 aliphatic carbocycles. The molecule has 2 nitrogen and oxygen atoms in total. The number of benzene rings is 1. The lowest BCUT2D eigenvalue weighted by Gasteiger charge is -2.55. The zero-order chi connectivity index (χ0) is 14.2. The van der Waals surface area contributed by atoms with Crippen molar-refractivity contribution in [1.29, 1.82) is 0 Å². The van der Waals surface area contributed by atoms with E-state index in [1.807, 2.05) is 31.2 Å². The Morgan fingerprint density at radius 1 is 1.05 bits per heavy atom. The number of carboxylic acids is 1. The summed E-state index contributed by atoms with van der Waals surface area (Å²) < 4.78 is 0. The van der Waals surface area contributed by atoms with Crippen molar-refractivity contribution in [3.8, 4) is 0 Å². The summed E-state index contributed by atoms with van der Waals surface area (Å²) in [4.78, 5) is 12.0. The SMILES string of the molecule is Cc1ccccc1C1(C(=O)O)CC2(CCCCCC2)C1. The maximum Gasteiger partial charge on any atom is 0.314 e. The lowest BCUT2D eigenvalue weighted by molar-refractivity contribution is -0.155. The van der Waals surface area contributed by atoms with E-state index >= 15 is 0 Å². The van der Waals surface area contributed by atoms with Gasteiger partial charge in [-0.2, -0.15) is 0 Å². The smallest absolute Gasteiger partial charge is 0.314 e. The highest BCUT2D eigenvalue weighted by molar-refractivity contribution is 5.83. The molecule has 2 aliphatic rings. The van der Waals surface area contributed by atoms with E-state index in [4.69, 9.17) is 0 Å². The van der Waals surface area contributed by atoms with Crippen molar-refractivity contribution in [1.82, 2.24) is 0 Å². The predicted octanol–water partition coefficient (Wildman–Crippen LogP) is 4.45. The average molecular weight is 272 g/mol. The summed E-state index contributed by atoms with van der Waals surface area (Å²) in [7, 11) is 0. The Hall–Kier alpha value is -1.31. The van der Waals surface area contributed by atoms with E-state index in [2.05, 4.69) is 0 Å². The van der Waals surface area contributed by atoms with Crippen LogP contribution in [0, 0.1) is 12.3 Å². The third-order valence-electron chi connectivity index (χ3n) is 5.59. The largest absolute Gasteiger partial charge is 0.481 e. The van der Waals surface area contributed by atoms with Crippen LogP contribution in [0.2, 0.25) is 0 Å². The second kappa shape index (κ2) is 4.91. The van der Waals surface area contributed by atoms with Gasteiger partial charge in [-0.15, -0.1) is 0 Å². The quantitative estimate of drug-likeness (QED) is 0.863. The van der Waals surface area contributed by atoms with E-state index < -0.39 is 11.4 Å². The van der Waals surface area contributed by atoms with Crippen LogP contribution in [0.1, 0.15) is 62.5 Å². The standard InChI is InChI=1S/C18H24O2/c1-14-8-4-5-9-15(14)18(16(19)20)12-17(13-18)10-6-2-3-7-11-17/h4-5,8-9H,2-3,6-7,10-13H2,1H3,(H,19,20). The monoisotopic (exact) mass is 272 g/mol. The Morgan fingerprint density at radius 3 is 2.20 bits per heavy atom. The van der Waals surface area contributed by atoms with Gasteiger partial charge >= 0.3 is 5.97 Å².